The Hall–Kier alpha value is -8.96. The van der Waals surface area contributed by atoms with E-state index in [1.54, 1.807) is 48.5 Å². The minimum Gasteiger partial charge on any atom is -0.480 e. The number of anilines is 4. The number of fused-ring (bicyclic) bond motifs is 2. The highest BCUT2D eigenvalue weighted by atomic mass is 16.4. The molecule has 3 heterocycles. The first-order valence-electron chi connectivity index (χ1n) is 20.0. The third-order valence-corrected chi connectivity index (χ3v) is 9.62. The normalized spacial score (nSPS) is 11.5. The van der Waals surface area contributed by atoms with E-state index in [0.29, 0.717) is 28.8 Å². The second-order valence-corrected chi connectivity index (χ2v) is 14.3. The third kappa shape index (κ3) is 13.5. The van der Waals surface area contributed by atoms with Gasteiger partial charge in [0.25, 0.3) is 22.9 Å². The standard InChI is InChI=1S/C22H24N6O5.C20H22N8O5/c1-24-18(29)9-8-17(21(32)33)26-19(30)13-3-5-14(6-4-13)25-11-12-2-7-16-15(10-12)20(31)28-22(23)27-16;1-22-14(29)7-6-13(19(32)33)26-17(30)10-2-4-11(5-3-10)23-8-12-9-24-16-15(25-12)18(31)28-20(21)27-16/h2-7,10,17,25H,8-9,11H2,1H3,(H,24,29)(H,26,30)(H,32,33)(H3,23,27,28,31);2-5,9,13,23H,6-8H2,1H3,(H,22,29)(H,26,30)(H,32,33)(H3,21,24,27,28,31)/t17-;13-/m00/s1. The maximum atomic E-state index is 12.4. The van der Waals surface area contributed by atoms with Crippen LogP contribution in [-0.2, 0) is 32.3 Å². The number of benzene rings is 3. The summed E-state index contributed by atoms with van der Waals surface area (Å²) in [5, 5.41) is 34.9. The van der Waals surface area contributed by atoms with Crippen molar-refractivity contribution >= 4 is 80.9 Å². The molecule has 0 fully saturated rings. The molecular formula is C42H46N14O10. The third-order valence-electron chi connectivity index (χ3n) is 9.62. The Morgan fingerprint density at radius 1 is 0.652 bits per heavy atom. The fraction of sp³-hybridized carbons (Fsp3) is 0.238. The molecule has 0 saturated heterocycles. The summed E-state index contributed by atoms with van der Waals surface area (Å²) in [6.07, 6.45) is 1.38. The van der Waals surface area contributed by atoms with E-state index in [4.69, 9.17) is 11.5 Å². The highest BCUT2D eigenvalue weighted by Gasteiger charge is 2.23. The van der Waals surface area contributed by atoms with Crippen molar-refractivity contribution in [2.45, 2.75) is 50.9 Å². The quantitative estimate of drug-likeness (QED) is 0.0557. The second kappa shape index (κ2) is 22.4. The zero-order valence-electron chi connectivity index (χ0n) is 35.4. The lowest BCUT2D eigenvalue weighted by atomic mass is 10.1. The van der Waals surface area contributed by atoms with Crippen LogP contribution in [-0.4, -0.2) is 102 Å². The van der Waals surface area contributed by atoms with Gasteiger partial charge in [-0.15, -0.1) is 0 Å². The molecule has 0 aliphatic carbocycles. The fourth-order valence-corrected chi connectivity index (χ4v) is 6.04. The zero-order valence-corrected chi connectivity index (χ0v) is 35.4. The number of nitrogen functional groups attached to an aromatic ring is 2. The number of hydrogen-bond donors (Lipinski definition) is 12. The summed E-state index contributed by atoms with van der Waals surface area (Å²) in [6, 6.07) is 15.7. The number of nitrogens with one attached hydrogen (secondary N) is 8. The Morgan fingerprint density at radius 2 is 1.15 bits per heavy atom. The van der Waals surface area contributed by atoms with Crippen LogP contribution in [0, 0.1) is 0 Å². The van der Waals surface area contributed by atoms with Crippen molar-refractivity contribution in [2.75, 3.05) is 36.2 Å². The molecule has 3 aromatic carbocycles. The first kappa shape index (κ1) is 48.1. The number of rotatable bonds is 18. The molecule has 24 heteroatoms. The summed E-state index contributed by atoms with van der Waals surface area (Å²) in [5.74, 6) is -4.16. The van der Waals surface area contributed by atoms with Crippen LogP contribution in [0.2, 0.25) is 0 Å². The van der Waals surface area contributed by atoms with Crippen molar-refractivity contribution in [3.63, 3.8) is 0 Å². The van der Waals surface area contributed by atoms with Crippen molar-refractivity contribution in [1.82, 2.24) is 51.2 Å². The molecule has 6 aromatic rings. The number of nitrogens with two attached hydrogens (primary N) is 2. The second-order valence-electron chi connectivity index (χ2n) is 14.3. The molecule has 6 rings (SSSR count). The van der Waals surface area contributed by atoms with Gasteiger partial charge in [0.15, 0.2) is 11.2 Å². The summed E-state index contributed by atoms with van der Waals surface area (Å²) in [7, 11) is 2.91. The van der Waals surface area contributed by atoms with Crippen LogP contribution in [0.5, 0.6) is 0 Å². The topological polar surface area (TPSA) is 384 Å². The van der Waals surface area contributed by atoms with Crippen LogP contribution in [0.4, 0.5) is 23.3 Å². The monoisotopic (exact) mass is 906 g/mol. The SMILES string of the molecule is CNC(=O)CC[C@H](NC(=O)c1ccc(NCc2ccc3nc(N)[nH]c(=O)c3c2)cc1)C(=O)O.CNC(=O)CC[C@H](NC(=O)c1ccc(NCc2cnc3nc(N)[nH]c(=O)c3n2)cc1)C(=O)O. The van der Waals surface area contributed by atoms with Gasteiger partial charge in [-0.1, -0.05) is 6.07 Å². The lowest BCUT2D eigenvalue weighted by molar-refractivity contribution is -0.140. The van der Waals surface area contributed by atoms with Gasteiger partial charge in [0.05, 0.1) is 29.3 Å². The predicted octanol–water partition coefficient (Wildman–Crippen LogP) is 0.443. The van der Waals surface area contributed by atoms with Gasteiger partial charge in [0, 0.05) is 56.0 Å². The molecule has 0 radical (unpaired) electrons. The van der Waals surface area contributed by atoms with E-state index < -0.39 is 41.4 Å². The fourth-order valence-electron chi connectivity index (χ4n) is 6.04. The molecular weight excluding hydrogens is 861 g/mol. The molecule has 66 heavy (non-hydrogen) atoms. The van der Waals surface area contributed by atoms with Gasteiger partial charge in [0.2, 0.25) is 23.7 Å². The number of H-pyrrole nitrogens is 2. The predicted molar refractivity (Wildman–Crippen MR) is 241 cm³/mol. The number of carboxylic acid groups (broad SMARTS) is 2. The lowest BCUT2D eigenvalue weighted by Gasteiger charge is -2.14. The van der Waals surface area contributed by atoms with E-state index in [2.05, 4.69) is 61.8 Å². The van der Waals surface area contributed by atoms with Crippen molar-refractivity contribution in [3.05, 3.63) is 116 Å². The number of aromatic amines is 2. The summed E-state index contributed by atoms with van der Waals surface area (Å²) in [5.41, 5.74) is 14.2. The van der Waals surface area contributed by atoms with Crippen LogP contribution in [0.1, 0.15) is 57.7 Å². The summed E-state index contributed by atoms with van der Waals surface area (Å²) < 4.78 is 0. The van der Waals surface area contributed by atoms with Crippen molar-refractivity contribution in [1.29, 1.82) is 0 Å². The Bertz CT molecular complexity index is 2670. The van der Waals surface area contributed by atoms with Crippen LogP contribution in [0.15, 0.2) is 82.5 Å². The van der Waals surface area contributed by atoms with E-state index in [9.17, 15) is 48.6 Å². The van der Waals surface area contributed by atoms with Gasteiger partial charge >= 0.3 is 11.9 Å². The zero-order chi connectivity index (χ0) is 47.9. The van der Waals surface area contributed by atoms with Gasteiger partial charge in [-0.2, -0.15) is 4.98 Å². The van der Waals surface area contributed by atoms with E-state index in [1.807, 2.05) is 6.07 Å². The number of hydrogen-bond acceptors (Lipinski definition) is 16. The molecule has 2 atom stereocenters. The molecule has 0 bridgehead atoms. The van der Waals surface area contributed by atoms with Crippen molar-refractivity contribution in [2.24, 2.45) is 0 Å². The number of aliphatic carboxylic acids is 2. The van der Waals surface area contributed by atoms with E-state index in [-0.39, 0.29) is 83.8 Å². The Morgan fingerprint density at radius 3 is 1.67 bits per heavy atom. The molecule has 344 valence electrons. The van der Waals surface area contributed by atoms with Crippen molar-refractivity contribution < 1.29 is 39.0 Å². The average molecular weight is 907 g/mol. The maximum absolute atomic E-state index is 12.4. The van der Waals surface area contributed by atoms with Gasteiger partial charge in [-0.3, -0.25) is 38.7 Å². The molecule has 0 unspecified atom stereocenters. The molecule has 0 spiro atoms. The van der Waals surface area contributed by atoms with E-state index >= 15 is 0 Å². The minimum atomic E-state index is -1.22. The number of aromatic nitrogens is 6. The number of carboxylic acids is 2. The molecule has 0 aliphatic heterocycles. The maximum Gasteiger partial charge on any atom is 0.326 e. The first-order valence-corrected chi connectivity index (χ1v) is 20.0. The van der Waals surface area contributed by atoms with Gasteiger partial charge in [-0.25, -0.2) is 24.5 Å². The van der Waals surface area contributed by atoms with Crippen LogP contribution >= 0.6 is 0 Å². The van der Waals surface area contributed by atoms with Crippen molar-refractivity contribution in [3.8, 4) is 0 Å². The number of carbonyl (C=O) groups is 6. The number of amides is 4. The van der Waals surface area contributed by atoms with E-state index in [0.717, 1.165) is 11.3 Å². The molecule has 0 aliphatic rings. The Balaban J connectivity index is 0.000000247. The smallest absolute Gasteiger partial charge is 0.326 e. The summed E-state index contributed by atoms with van der Waals surface area (Å²) in [6.45, 7) is 0.671. The average Bonchev–Trinajstić information content (AvgIpc) is 3.30. The number of carbonyl (C=O) groups excluding carboxylic acids is 4. The lowest BCUT2D eigenvalue weighted by Crippen LogP contribution is -2.41. The largest absolute Gasteiger partial charge is 0.480 e. The minimum absolute atomic E-state index is 0.0132. The summed E-state index contributed by atoms with van der Waals surface area (Å²) >= 11 is 0. The molecule has 0 saturated carbocycles. The van der Waals surface area contributed by atoms with Crippen LogP contribution in [0.25, 0.3) is 22.1 Å². The van der Waals surface area contributed by atoms with Gasteiger partial charge < -0.3 is 53.6 Å². The molecule has 24 nitrogen and oxygen atoms in total. The van der Waals surface area contributed by atoms with Gasteiger partial charge in [-0.05, 0) is 79.1 Å². The first-order chi connectivity index (χ1) is 31.5. The molecule has 14 N–H and O–H groups in total. The summed E-state index contributed by atoms with van der Waals surface area (Å²) in [4.78, 5) is 115. The Kier molecular flexibility index (Phi) is 16.3. The molecule has 4 amide bonds. The van der Waals surface area contributed by atoms with E-state index in [1.165, 1.54) is 32.4 Å². The van der Waals surface area contributed by atoms with Gasteiger partial charge in [0.1, 0.15) is 12.1 Å². The number of nitrogens with zero attached hydrogens (tertiary/aromatic N) is 4. The molecule has 3 aromatic heterocycles. The highest BCUT2D eigenvalue weighted by molar-refractivity contribution is 5.98. The highest BCUT2D eigenvalue weighted by Crippen LogP contribution is 2.16. The van der Waals surface area contributed by atoms with Crippen LogP contribution in [0.3, 0.4) is 0 Å². The van der Waals surface area contributed by atoms with Crippen LogP contribution < -0.4 is 54.5 Å². The Labute approximate surface area is 373 Å².